The predicted molar refractivity (Wildman–Crippen MR) is 78.4 cm³/mol. The van der Waals surface area contributed by atoms with Gasteiger partial charge in [-0.15, -0.1) is 0 Å². The second kappa shape index (κ2) is 5.49. The van der Waals surface area contributed by atoms with E-state index in [1.165, 1.54) is 22.3 Å². The van der Waals surface area contributed by atoms with Crippen molar-refractivity contribution >= 4 is 10.8 Å². The summed E-state index contributed by atoms with van der Waals surface area (Å²) in [6.07, 6.45) is 2.69. The van der Waals surface area contributed by atoms with Crippen LogP contribution in [0.15, 0.2) is 47.4 Å². The molecule has 2 aromatic rings. The molecule has 1 atom stereocenters. The molecule has 0 radical (unpaired) electrons. The van der Waals surface area contributed by atoms with Crippen molar-refractivity contribution in [2.75, 3.05) is 6.26 Å². The molecule has 2 aromatic carbocycles. The maximum absolute atomic E-state index is 11.4. The highest BCUT2D eigenvalue weighted by Gasteiger charge is 2.18. The lowest BCUT2D eigenvalue weighted by molar-refractivity contribution is 0.686. The van der Waals surface area contributed by atoms with Crippen molar-refractivity contribution in [1.29, 1.82) is 0 Å². The Morgan fingerprint density at radius 2 is 1.61 bits per heavy atom. The Bertz CT molecular complexity index is 587. The topological polar surface area (TPSA) is 17.1 Å². The van der Waals surface area contributed by atoms with E-state index in [1.807, 2.05) is 19.9 Å². The van der Waals surface area contributed by atoms with Gasteiger partial charge in [-0.05, 0) is 40.8 Å². The summed E-state index contributed by atoms with van der Waals surface area (Å²) in [6.45, 7) is 4.00. The molecule has 1 aliphatic carbocycles. The summed E-state index contributed by atoms with van der Waals surface area (Å²) in [5, 5.41) is 0. The normalized spacial score (nSPS) is 13.1. The van der Waals surface area contributed by atoms with Gasteiger partial charge in [0.2, 0.25) is 0 Å². The van der Waals surface area contributed by atoms with E-state index in [0.717, 1.165) is 11.3 Å². The van der Waals surface area contributed by atoms with Crippen LogP contribution in [0.5, 0.6) is 0 Å². The fraction of sp³-hybridized carbons (Fsp3) is 0.250. The van der Waals surface area contributed by atoms with Gasteiger partial charge in [-0.2, -0.15) is 0 Å². The minimum Gasteiger partial charge on any atom is -0.255 e. The summed E-state index contributed by atoms with van der Waals surface area (Å²) < 4.78 is 11.4. The smallest absolute Gasteiger partial charge is 0.0498 e. The van der Waals surface area contributed by atoms with Gasteiger partial charge in [0.05, 0.1) is 0 Å². The first-order valence-electron chi connectivity index (χ1n) is 6.30. The van der Waals surface area contributed by atoms with Crippen molar-refractivity contribution in [3.05, 3.63) is 53.6 Å². The Kier molecular flexibility index (Phi) is 3.97. The highest BCUT2D eigenvalue weighted by Crippen LogP contribution is 2.36. The third-order valence-electron chi connectivity index (χ3n) is 3.10. The molecule has 18 heavy (non-hydrogen) atoms. The highest BCUT2D eigenvalue weighted by molar-refractivity contribution is 7.84. The third kappa shape index (κ3) is 2.25. The van der Waals surface area contributed by atoms with Crippen LogP contribution < -0.4 is 0 Å². The van der Waals surface area contributed by atoms with Crippen LogP contribution in [0.4, 0.5) is 0 Å². The van der Waals surface area contributed by atoms with Gasteiger partial charge in [0.25, 0.3) is 0 Å². The molecular formula is C16H18OS. The minimum atomic E-state index is -0.887. The molecular weight excluding hydrogens is 240 g/mol. The Labute approximate surface area is 111 Å². The number of hydrogen-bond acceptors (Lipinski definition) is 1. The van der Waals surface area contributed by atoms with Gasteiger partial charge < -0.3 is 0 Å². The summed E-state index contributed by atoms with van der Waals surface area (Å²) in [4.78, 5) is 0.923. The molecule has 94 valence electrons. The van der Waals surface area contributed by atoms with Gasteiger partial charge in [0.15, 0.2) is 0 Å². The largest absolute Gasteiger partial charge is 0.255 e. The molecule has 0 bridgehead atoms. The molecule has 1 aliphatic rings. The van der Waals surface area contributed by atoms with Gasteiger partial charge in [0.1, 0.15) is 0 Å². The van der Waals surface area contributed by atoms with E-state index < -0.39 is 10.8 Å². The van der Waals surface area contributed by atoms with Crippen molar-refractivity contribution in [2.45, 2.75) is 25.2 Å². The fourth-order valence-electron chi connectivity index (χ4n) is 2.30. The zero-order valence-electron chi connectivity index (χ0n) is 11.1. The van der Waals surface area contributed by atoms with E-state index in [1.54, 1.807) is 6.26 Å². The molecule has 0 heterocycles. The van der Waals surface area contributed by atoms with Gasteiger partial charge in [-0.3, -0.25) is 4.21 Å². The van der Waals surface area contributed by atoms with E-state index in [4.69, 9.17) is 0 Å². The molecule has 0 fully saturated rings. The van der Waals surface area contributed by atoms with E-state index in [-0.39, 0.29) is 0 Å². The molecule has 0 saturated heterocycles. The fourth-order valence-corrected chi connectivity index (χ4v) is 2.87. The van der Waals surface area contributed by atoms with E-state index in [2.05, 4.69) is 36.4 Å². The quantitative estimate of drug-likeness (QED) is 0.644. The van der Waals surface area contributed by atoms with Crippen LogP contribution in [-0.2, 0) is 17.2 Å². The number of hydrogen-bond donors (Lipinski definition) is 0. The Morgan fingerprint density at radius 1 is 0.944 bits per heavy atom. The van der Waals surface area contributed by atoms with Crippen LogP contribution >= 0.6 is 0 Å². The SMILES string of the molecule is CC.CS(=O)c1ccc2c(c1)Cc1ccccc1-2. The van der Waals surface area contributed by atoms with Crippen LogP contribution in [0.2, 0.25) is 0 Å². The van der Waals surface area contributed by atoms with Gasteiger partial charge in [0, 0.05) is 22.0 Å². The lowest BCUT2D eigenvalue weighted by Gasteiger charge is -2.02. The highest BCUT2D eigenvalue weighted by atomic mass is 32.2. The molecule has 3 rings (SSSR count). The molecule has 1 unspecified atom stereocenters. The summed E-state index contributed by atoms with van der Waals surface area (Å²) in [7, 11) is -0.887. The van der Waals surface area contributed by atoms with Crippen LogP contribution in [0.25, 0.3) is 11.1 Å². The standard InChI is InChI=1S/C14H12OS.C2H6/c1-16(15)12-6-7-14-11(9-12)8-10-4-2-3-5-13(10)14;1-2/h2-7,9H,8H2,1H3;1-2H3. The molecule has 0 N–H and O–H groups in total. The second-order valence-electron chi connectivity index (χ2n) is 4.11. The zero-order valence-corrected chi connectivity index (χ0v) is 11.9. The summed E-state index contributed by atoms with van der Waals surface area (Å²) in [5.41, 5.74) is 5.29. The monoisotopic (exact) mass is 258 g/mol. The summed E-state index contributed by atoms with van der Waals surface area (Å²) in [6, 6.07) is 14.6. The molecule has 1 nitrogen and oxygen atoms in total. The first kappa shape index (κ1) is 13.0. The number of rotatable bonds is 1. The van der Waals surface area contributed by atoms with Crippen molar-refractivity contribution in [3.63, 3.8) is 0 Å². The lowest BCUT2D eigenvalue weighted by atomic mass is 10.1. The average molecular weight is 258 g/mol. The summed E-state index contributed by atoms with van der Waals surface area (Å²) >= 11 is 0. The first-order chi connectivity index (χ1) is 8.75. The number of benzene rings is 2. The predicted octanol–water partition coefficient (Wildman–Crippen LogP) is 4.02. The molecule has 0 amide bonds. The first-order valence-corrected chi connectivity index (χ1v) is 7.86. The Balaban J connectivity index is 0.000000574. The molecule has 2 heteroatoms. The van der Waals surface area contributed by atoms with Crippen LogP contribution in [-0.4, -0.2) is 10.5 Å². The lowest BCUT2D eigenvalue weighted by Crippen LogP contribution is -1.89. The van der Waals surface area contributed by atoms with E-state index in [0.29, 0.717) is 0 Å². The van der Waals surface area contributed by atoms with Gasteiger partial charge in [-0.25, -0.2) is 0 Å². The summed E-state index contributed by atoms with van der Waals surface area (Å²) in [5.74, 6) is 0. The maximum Gasteiger partial charge on any atom is 0.0498 e. The second-order valence-corrected chi connectivity index (χ2v) is 5.49. The Morgan fingerprint density at radius 3 is 2.33 bits per heavy atom. The van der Waals surface area contributed by atoms with Crippen LogP contribution in [0.3, 0.4) is 0 Å². The van der Waals surface area contributed by atoms with Crippen molar-refractivity contribution in [3.8, 4) is 11.1 Å². The van der Waals surface area contributed by atoms with Crippen molar-refractivity contribution < 1.29 is 4.21 Å². The van der Waals surface area contributed by atoms with Crippen LogP contribution in [0.1, 0.15) is 25.0 Å². The number of fused-ring (bicyclic) bond motifs is 3. The Hall–Kier alpha value is -1.41. The van der Waals surface area contributed by atoms with Crippen molar-refractivity contribution in [1.82, 2.24) is 0 Å². The van der Waals surface area contributed by atoms with E-state index in [9.17, 15) is 4.21 Å². The third-order valence-corrected chi connectivity index (χ3v) is 4.01. The van der Waals surface area contributed by atoms with Gasteiger partial charge in [-0.1, -0.05) is 44.2 Å². The molecule has 0 spiro atoms. The van der Waals surface area contributed by atoms with Gasteiger partial charge >= 0.3 is 0 Å². The van der Waals surface area contributed by atoms with Crippen molar-refractivity contribution in [2.24, 2.45) is 0 Å². The van der Waals surface area contributed by atoms with E-state index >= 15 is 0 Å². The molecule has 0 aliphatic heterocycles. The maximum atomic E-state index is 11.4. The zero-order chi connectivity index (χ0) is 13.1. The minimum absolute atomic E-state index is 0.887. The van der Waals surface area contributed by atoms with Crippen LogP contribution in [0, 0.1) is 0 Å². The molecule has 0 aromatic heterocycles. The average Bonchev–Trinajstić information content (AvgIpc) is 2.78. The molecule has 0 saturated carbocycles.